The van der Waals surface area contributed by atoms with Gasteiger partial charge in [-0.05, 0) is 69.0 Å². The van der Waals surface area contributed by atoms with Crippen LogP contribution in [0.4, 0.5) is 0 Å². The number of carbonyl (C=O) groups is 2. The van der Waals surface area contributed by atoms with Gasteiger partial charge >= 0.3 is 0 Å². The Morgan fingerprint density at radius 1 is 1.10 bits per heavy atom. The molecular weight excluding hydrogens is 444 g/mol. The molecule has 30 heavy (non-hydrogen) atoms. The summed E-state index contributed by atoms with van der Waals surface area (Å²) in [5, 5.41) is 2.97. The van der Waals surface area contributed by atoms with Crippen LogP contribution in [0.15, 0.2) is 46.9 Å². The zero-order valence-corrected chi connectivity index (χ0v) is 20.0. The molecule has 1 N–H and O–H groups in total. The lowest BCUT2D eigenvalue weighted by atomic mass is 10.1. The summed E-state index contributed by atoms with van der Waals surface area (Å²) >= 11 is 3.43. The molecule has 0 radical (unpaired) electrons. The first-order valence-electron chi connectivity index (χ1n) is 10.3. The number of halogens is 1. The van der Waals surface area contributed by atoms with Crippen LogP contribution in [0.2, 0.25) is 0 Å². The highest BCUT2D eigenvalue weighted by molar-refractivity contribution is 9.10. The minimum absolute atomic E-state index is 0.0516. The quantitative estimate of drug-likeness (QED) is 0.568. The van der Waals surface area contributed by atoms with Crippen LogP contribution in [0.25, 0.3) is 0 Å². The zero-order chi connectivity index (χ0) is 22.3. The van der Waals surface area contributed by atoms with Gasteiger partial charge in [-0.15, -0.1) is 0 Å². The van der Waals surface area contributed by atoms with Gasteiger partial charge in [-0.25, -0.2) is 0 Å². The molecule has 0 aromatic heterocycles. The topological polar surface area (TPSA) is 58.6 Å². The lowest BCUT2D eigenvalue weighted by molar-refractivity contribution is -0.142. The van der Waals surface area contributed by atoms with E-state index in [0.717, 1.165) is 27.6 Å². The number of rotatable bonds is 9. The van der Waals surface area contributed by atoms with E-state index in [1.165, 1.54) is 0 Å². The SMILES string of the molecule is CC[C@H](C)NC(=O)[C@@H](C)N(Cc1ccc(Br)cc1)C(=O)COc1cc(C)ccc1C. The highest BCUT2D eigenvalue weighted by atomic mass is 79.9. The number of ether oxygens (including phenoxy) is 1. The van der Waals surface area contributed by atoms with Gasteiger partial charge in [0.2, 0.25) is 5.91 Å². The molecule has 162 valence electrons. The lowest BCUT2D eigenvalue weighted by Gasteiger charge is -2.29. The molecule has 0 bridgehead atoms. The van der Waals surface area contributed by atoms with Crippen LogP contribution in [-0.2, 0) is 16.1 Å². The van der Waals surface area contributed by atoms with Crippen LogP contribution >= 0.6 is 15.9 Å². The first-order chi connectivity index (χ1) is 14.2. The molecule has 5 nitrogen and oxygen atoms in total. The van der Waals surface area contributed by atoms with Crippen molar-refractivity contribution in [2.45, 2.75) is 59.7 Å². The Bertz CT molecular complexity index is 867. The summed E-state index contributed by atoms with van der Waals surface area (Å²) in [7, 11) is 0. The van der Waals surface area contributed by atoms with Gasteiger partial charge in [0.1, 0.15) is 11.8 Å². The van der Waals surface area contributed by atoms with Crippen molar-refractivity contribution < 1.29 is 14.3 Å². The van der Waals surface area contributed by atoms with E-state index in [4.69, 9.17) is 4.74 Å². The molecule has 2 aromatic carbocycles. The minimum Gasteiger partial charge on any atom is -0.483 e. The van der Waals surface area contributed by atoms with Gasteiger partial charge in [0, 0.05) is 17.1 Å². The Morgan fingerprint density at radius 2 is 1.77 bits per heavy atom. The molecule has 2 rings (SSSR count). The number of nitrogens with zero attached hydrogens (tertiary/aromatic N) is 1. The molecular formula is C24H31BrN2O3. The molecule has 2 atom stereocenters. The fraction of sp³-hybridized carbons (Fsp3) is 0.417. The second-order valence-corrected chi connectivity index (χ2v) is 8.62. The zero-order valence-electron chi connectivity index (χ0n) is 18.4. The van der Waals surface area contributed by atoms with E-state index in [9.17, 15) is 9.59 Å². The van der Waals surface area contributed by atoms with E-state index in [0.29, 0.717) is 12.3 Å². The van der Waals surface area contributed by atoms with Crippen molar-refractivity contribution in [1.82, 2.24) is 10.2 Å². The van der Waals surface area contributed by atoms with E-state index in [1.54, 1.807) is 11.8 Å². The maximum atomic E-state index is 13.1. The predicted octanol–water partition coefficient (Wildman–Crippen LogP) is 4.78. The van der Waals surface area contributed by atoms with Crippen molar-refractivity contribution in [2.24, 2.45) is 0 Å². The lowest BCUT2D eigenvalue weighted by Crippen LogP contribution is -2.50. The summed E-state index contributed by atoms with van der Waals surface area (Å²) in [6.45, 7) is 9.86. The average molecular weight is 475 g/mol. The highest BCUT2D eigenvalue weighted by Crippen LogP contribution is 2.20. The van der Waals surface area contributed by atoms with Crippen molar-refractivity contribution in [3.05, 3.63) is 63.6 Å². The first-order valence-corrected chi connectivity index (χ1v) is 11.0. The highest BCUT2D eigenvalue weighted by Gasteiger charge is 2.27. The van der Waals surface area contributed by atoms with Gasteiger partial charge in [-0.3, -0.25) is 9.59 Å². The fourth-order valence-electron chi connectivity index (χ4n) is 2.92. The van der Waals surface area contributed by atoms with Crippen molar-refractivity contribution in [3.8, 4) is 5.75 Å². The minimum atomic E-state index is -0.614. The van der Waals surface area contributed by atoms with Gasteiger partial charge in [0.15, 0.2) is 6.61 Å². The summed E-state index contributed by atoms with van der Waals surface area (Å²) in [5.74, 6) is 0.288. The van der Waals surface area contributed by atoms with E-state index < -0.39 is 6.04 Å². The number of benzene rings is 2. The van der Waals surface area contributed by atoms with E-state index in [1.807, 2.05) is 70.2 Å². The van der Waals surface area contributed by atoms with E-state index in [-0.39, 0.29) is 24.5 Å². The van der Waals surface area contributed by atoms with Crippen LogP contribution in [0.3, 0.4) is 0 Å². The average Bonchev–Trinajstić information content (AvgIpc) is 2.73. The smallest absolute Gasteiger partial charge is 0.261 e. The number of nitrogens with one attached hydrogen (secondary N) is 1. The number of hydrogen-bond donors (Lipinski definition) is 1. The van der Waals surface area contributed by atoms with Crippen LogP contribution in [0, 0.1) is 13.8 Å². The van der Waals surface area contributed by atoms with E-state index >= 15 is 0 Å². The fourth-order valence-corrected chi connectivity index (χ4v) is 3.18. The normalized spacial score (nSPS) is 12.7. The van der Waals surface area contributed by atoms with Crippen molar-refractivity contribution in [3.63, 3.8) is 0 Å². The van der Waals surface area contributed by atoms with Crippen molar-refractivity contribution in [2.75, 3.05) is 6.61 Å². The molecule has 0 aliphatic carbocycles. The van der Waals surface area contributed by atoms with Gasteiger partial charge in [0.05, 0.1) is 0 Å². The second kappa shape index (κ2) is 11.2. The molecule has 0 aliphatic rings. The Balaban J connectivity index is 2.17. The van der Waals surface area contributed by atoms with Crippen LogP contribution in [-0.4, -0.2) is 35.4 Å². The maximum Gasteiger partial charge on any atom is 0.261 e. The van der Waals surface area contributed by atoms with Gasteiger partial charge in [-0.1, -0.05) is 47.1 Å². The Hall–Kier alpha value is -2.34. The maximum absolute atomic E-state index is 13.1. The van der Waals surface area contributed by atoms with Crippen LogP contribution in [0.1, 0.15) is 43.9 Å². The molecule has 0 aliphatic heterocycles. The molecule has 0 spiro atoms. The molecule has 2 amide bonds. The van der Waals surface area contributed by atoms with Gasteiger partial charge < -0.3 is 15.0 Å². The molecule has 6 heteroatoms. The Morgan fingerprint density at radius 3 is 2.40 bits per heavy atom. The predicted molar refractivity (Wildman–Crippen MR) is 123 cm³/mol. The van der Waals surface area contributed by atoms with Crippen LogP contribution in [0.5, 0.6) is 5.75 Å². The van der Waals surface area contributed by atoms with Crippen molar-refractivity contribution in [1.29, 1.82) is 0 Å². The third-order valence-corrected chi connectivity index (χ3v) is 5.66. The second-order valence-electron chi connectivity index (χ2n) is 7.70. The molecule has 0 unspecified atom stereocenters. The summed E-state index contributed by atoms with van der Waals surface area (Å²) < 4.78 is 6.78. The third-order valence-electron chi connectivity index (χ3n) is 5.13. The Kier molecular flexibility index (Phi) is 8.90. The largest absolute Gasteiger partial charge is 0.483 e. The monoisotopic (exact) mass is 474 g/mol. The summed E-state index contributed by atoms with van der Waals surface area (Å²) in [6.07, 6.45) is 0.828. The third kappa shape index (κ3) is 6.87. The van der Waals surface area contributed by atoms with Gasteiger partial charge in [-0.2, -0.15) is 0 Å². The standard InChI is InChI=1S/C24H31BrN2O3/c1-6-18(4)26-24(29)19(5)27(14-20-9-11-21(25)12-10-20)23(28)15-30-22-13-16(2)7-8-17(22)3/h7-13,18-19H,6,14-15H2,1-5H3,(H,26,29)/t18-,19+/m0/s1. The van der Waals surface area contributed by atoms with Crippen LogP contribution < -0.4 is 10.1 Å². The number of hydrogen-bond acceptors (Lipinski definition) is 3. The molecule has 0 fully saturated rings. The molecule has 0 saturated heterocycles. The number of amides is 2. The first kappa shape index (κ1) is 23.9. The molecule has 0 heterocycles. The Labute approximate surface area is 187 Å². The van der Waals surface area contributed by atoms with E-state index in [2.05, 4.69) is 21.2 Å². The summed E-state index contributed by atoms with van der Waals surface area (Å²) in [6, 6.07) is 13.1. The summed E-state index contributed by atoms with van der Waals surface area (Å²) in [5.41, 5.74) is 2.98. The van der Waals surface area contributed by atoms with Crippen molar-refractivity contribution >= 4 is 27.7 Å². The summed E-state index contributed by atoms with van der Waals surface area (Å²) in [4.78, 5) is 27.4. The van der Waals surface area contributed by atoms with Gasteiger partial charge in [0.25, 0.3) is 5.91 Å². The number of aryl methyl sites for hydroxylation is 2. The number of carbonyl (C=O) groups excluding carboxylic acids is 2. The molecule has 2 aromatic rings. The molecule has 0 saturated carbocycles.